The molecule has 1 atom stereocenters. The Morgan fingerprint density at radius 2 is 2.06 bits per heavy atom. The Morgan fingerprint density at radius 3 is 2.56 bits per heavy atom. The molecule has 0 aliphatic carbocycles. The number of furan rings is 1. The first kappa shape index (κ1) is 14.8. The Morgan fingerprint density at radius 1 is 1.39 bits per heavy atom. The number of aryl methyl sites for hydroxylation is 1. The minimum Gasteiger partial charge on any atom is -0.453 e. The highest BCUT2D eigenvalue weighted by Crippen LogP contribution is 2.15. The van der Waals surface area contributed by atoms with Crippen LogP contribution in [0.5, 0.6) is 0 Å². The van der Waals surface area contributed by atoms with Crippen molar-refractivity contribution in [2.75, 3.05) is 0 Å². The van der Waals surface area contributed by atoms with E-state index in [1.165, 1.54) is 0 Å². The van der Waals surface area contributed by atoms with Crippen LogP contribution in [0.1, 0.15) is 55.5 Å². The maximum absolute atomic E-state index is 12.0. The lowest BCUT2D eigenvalue weighted by Gasteiger charge is -2.14. The van der Waals surface area contributed by atoms with Crippen LogP contribution in [0.15, 0.2) is 10.5 Å². The van der Waals surface area contributed by atoms with Gasteiger partial charge in [0.05, 0.1) is 0 Å². The van der Waals surface area contributed by atoms with Crippen molar-refractivity contribution >= 4 is 5.91 Å². The summed E-state index contributed by atoms with van der Waals surface area (Å²) >= 11 is 0. The first-order valence-corrected chi connectivity index (χ1v) is 6.45. The summed E-state index contributed by atoms with van der Waals surface area (Å²) in [4.78, 5) is 12.0. The average Bonchev–Trinajstić information content (AvgIpc) is 2.68. The van der Waals surface area contributed by atoms with Gasteiger partial charge in [0.2, 0.25) is 0 Å². The summed E-state index contributed by atoms with van der Waals surface area (Å²) in [5.41, 5.74) is 0.757. The Labute approximate surface area is 108 Å². The molecule has 0 spiro atoms. The number of aliphatic hydroxyl groups excluding tert-OH is 1. The van der Waals surface area contributed by atoms with Gasteiger partial charge in [0.25, 0.3) is 5.91 Å². The summed E-state index contributed by atoms with van der Waals surface area (Å²) in [7, 11) is 0. The Balaban J connectivity index is 2.56. The molecule has 102 valence electrons. The largest absolute Gasteiger partial charge is 0.453 e. The van der Waals surface area contributed by atoms with Crippen LogP contribution in [-0.4, -0.2) is 17.1 Å². The van der Waals surface area contributed by atoms with Crippen molar-refractivity contribution in [2.45, 2.75) is 53.2 Å². The number of rotatable bonds is 6. The molecule has 0 radical (unpaired) electrons. The number of carbonyl (C=O) groups excluding carboxylic acids is 1. The molecule has 1 heterocycles. The van der Waals surface area contributed by atoms with Crippen LogP contribution in [0.3, 0.4) is 0 Å². The van der Waals surface area contributed by atoms with Gasteiger partial charge in [-0.3, -0.25) is 4.79 Å². The van der Waals surface area contributed by atoms with Gasteiger partial charge in [-0.25, -0.2) is 0 Å². The highest BCUT2D eigenvalue weighted by atomic mass is 16.4. The van der Waals surface area contributed by atoms with Crippen LogP contribution in [0.4, 0.5) is 0 Å². The first-order chi connectivity index (χ1) is 8.43. The van der Waals surface area contributed by atoms with E-state index in [-0.39, 0.29) is 18.6 Å². The van der Waals surface area contributed by atoms with Crippen LogP contribution in [0.2, 0.25) is 0 Å². The van der Waals surface area contributed by atoms with Crippen molar-refractivity contribution in [1.82, 2.24) is 5.32 Å². The molecular formula is C14H23NO3. The molecule has 1 amide bonds. The minimum absolute atomic E-state index is 0.127. The topological polar surface area (TPSA) is 62.5 Å². The summed E-state index contributed by atoms with van der Waals surface area (Å²) in [6.45, 7) is 7.94. The van der Waals surface area contributed by atoms with E-state index in [0.717, 1.165) is 18.4 Å². The van der Waals surface area contributed by atoms with Gasteiger partial charge in [-0.05, 0) is 38.7 Å². The number of amides is 1. The third-order valence-electron chi connectivity index (χ3n) is 2.89. The maximum atomic E-state index is 12.0. The molecule has 1 aromatic rings. The van der Waals surface area contributed by atoms with Crippen LogP contribution in [0, 0.1) is 12.8 Å². The fourth-order valence-electron chi connectivity index (χ4n) is 1.80. The van der Waals surface area contributed by atoms with E-state index in [1.54, 1.807) is 13.0 Å². The summed E-state index contributed by atoms with van der Waals surface area (Å²) in [6.07, 6.45) is 2.04. The molecule has 0 aliphatic heterocycles. The minimum atomic E-state index is -0.205. The smallest absolute Gasteiger partial charge is 0.287 e. The van der Waals surface area contributed by atoms with Gasteiger partial charge >= 0.3 is 0 Å². The molecule has 0 saturated carbocycles. The lowest BCUT2D eigenvalue weighted by Crippen LogP contribution is -2.32. The zero-order valence-electron chi connectivity index (χ0n) is 11.6. The zero-order valence-corrected chi connectivity index (χ0v) is 11.6. The average molecular weight is 253 g/mol. The number of hydrogen-bond acceptors (Lipinski definition) is 3. The van der Waals surface area contributed by atoms with E-state index in [4.69, 9.17) is 9.52 Å². The number of aliphatic hydroxyl groups is 1. The van der Waals surface area contributed by atoms with Gasteiger partial charge in [-0.1, -0.05) is 13.8 Å². The van der Waals surface area contributed by atoms with E-state index in [0.29, 0.717) is 17.4 Å². The lowest BCUT2D eigenvalue weighted by molar-refractivity contribution is 0.0903. The second-order valence-electron chi connectivity index (χ2n) is 5.23. The predicted octanol–water partition coefficient (Wildman–Crippen LogP) is 2.63. The van der Waals surface area contributed by atoms with E-state index < -0.39 is 0 Å². The number of nitrogens with one attached hydrogen (secondary N) is 1. The third kappa shape index (κ3) is 4.18. The third-order valence-corrected chi connectivity index (χ3v) is 2.89. The molecule has 0 fully saturated rings. The van der Waals surface area contributed by atoms with Crippen molar-refractivity contribution in [3.8, 4) is 0 Å². The SMILES string of the molecule is Cc1cc(CO)oc1C(=O)N[C@@H](C)CCC(C)C. The van der Waals surface area contributed by atoms with Crippen molar-refractivity contribution in [2.24, 2.45) is 5.92 Å². The van der Waals surface area contributed by atoms with Gasteiger partial charge in [-0.2, -0.15) is 0 Å². The van der Waals surface area contributed by atoms with E-state index in [1.807, 2.05) is 6.92 Å². The van der Waals surface area contributed by atoms with Crippen LogP contribution in [0.25, 0.3) is 0 Å². The fourth-order valence-corrected chi connectivity index (χ4v) is 1.80. The zero-order chi connectivity index (χ0) is 13.7. The van der Waals surface area contributed by atoms with Crippen molar-refractivity contribution < 1.29 is 14.3 Å². The van der Waals surface area contributed by atoms with Gasteiger partial charge in [0.15, 0.2) is 5.76 Å². The van der Waals surface area contributed by atoms with Crippen molar-refractivity contribution in [1.29, 1.82) is 0 Å². The van der Waals surface area contributed by atoms with E-state index >= 15 is 0 Å². The molecule has 0 saturated heterocycles. The quantitative estimate of drug-likeness (QED) is 0.819. The summed E-state index contributed by atoms with van der Waals surface area (Å²) in [6, 6.07) is 1.82. The van der Waals surface area contributed by atoms with Crippen molar-refractivity contribution in [3.63, 3.8) is 0 Å². The summed E-state index contributed by atoms with van der Waals surface area (Å²) in [5, 5.41) is 11.9. The van der Waals surface area contributed by atoms with E-state index in [2.05, 4.69) is 19.2 Å². The van der Waals surface area contributed by atoms with Crippen molar-refractivity contribution in [3.05, 3.63) is 23.2 Å². The molecule has 0 unspecified atom stereocenters. The second-order valence-corrected chi connectivity index (χ2v) is 5.23. The van der Waals surface area contributed by atoms with Gasteiger partial charge in [0.1, 0.15) is 12.4 Å². The van der Waals surface area contributed by atoms with Gasteiger partial charge < -0.3 is 14.8 Å². The fraction of sp³-hybridized carbons (Fsp3) is 0.643. The Kier molecular flexibility index (Phi) is 5.41. The molecule has 1 rings (SSSR count). The Bertz CT molecular complexity index is 396. The van der Waals surface area contributed by atoms with Crippen LogP contribution >= 0.6 is 0 Å². The summed E-state index contributed by atoms with van der Waals surface area (Å²) < 4.78 is 5.29. The molecule has 1 aromatic heterocycles. The molecule has 0 aliphatic rings. The normalized spacial score (nSPS) is 12.8. The molecular weight excluding hydrogens is 230 g/mol. The van der Waals surface area contributed by atoms with Crippen LogP contribution in [-0.2, 0) is 6.61 Å². The van der Waals surface area contributed by atoms with E-state index in [9.17, 15) is 4.79 Å². The predicted molar refractivity (Wildman–Crippen MR) is 70.4 cm³/mol. The molecule has 18 heavy (non-hydrogen) atoms. The van der Waals surface area contributed by atoms with Gasteiger partial charge in [-0.15, -0.1) is 0 Å². The first-order valence-electron chi connectivity index (χ1n) is 6.45. The highest BCUT2D eigenvalue weighted by Gasteiger charge is 2.17. The number of hydrogen-bond donors (Lipinski definition) is 2. The maximum Gasteiger partial charge on any atom is 0.287 e. The lowest BCUT2D eigenvalue weighted by atomic mass is 10.0. The monoisotopic (exact) mass is 253 g/mol. The highest BCUT2D eigenvalue weighted by molar-refractivity contribution is 5.93. The number of carbonyl (C=O) groups is 1. The summed E-state index contributed by atoms with van der Waals surface area (Å²) in [5.74, 6) is 1.15. The molecule has 0 bridgehead atoms. The molecule has 4 heteroatoms. The molecule has 2 N–H and O–H groups in total. The van der Waals surface area contributed by atoms with Crippen LogP contribution < -0.4 is 5.32 Å². The molecule has 4 nitrogen and oxygen atoms in total. The Hall–Kier alpha value is -1.29. The molecule has 0 aromatic carbocycles. The standard InChI is InChI=1S/C14H23NO3/c1-9(2)5-6-11(4)15-14(17)13-10(3)7-12(8-16)18-13/h7,9,11,16H,5-6,8H2,1-4H3,(H,15,17)/t11-/m0/s1. The van der Waals surface area contributed by atoms with Gasteiger partial charge in [0, 0.05) is 11.6 Å². The second kappa shape index (κ2) is 6.59.